The zero-order valence-corrected chi connectivity index (χ0v) is 10.7. The second-order valence-corrected chi connectivity index (χ2v) is 5.09. The lowest BCUT2D eigenvalue weighted by atomic mass is 10.0. The van der Waals surface area contributed by atoms with Crippen molar-refractivity contribution in [3.63, 3.8) is 0 Å². The van der Waals surface area contributed by atoms with Gasteiger partial charge in [-0.1, -0.05) is 6.07 Å². The van der Waals surface area contributed by atoms with E-state index in [4.69, 9.17) is 5.73 Å². The van der Waals surface area contributed by atoms with E-state index in [9.17, 15) is 0 Å². The van der Waals surface area contributed by atoms with Gasteiger partial charge in [0.15, 0.2) is 0 Å². The summed E-state index contributed by atoms with van der Waals surface area (Å²) in [5.74, 6) is 0.591. The number of thiophene rings is 1. The number of nitrogens with one attached hydrogen (secondary N) is 1. The van der Waals surface area contributed by atoms with Crippen molar-refractivity contribution in [3.8, 4) is 0 Å². The Morgan fingerprint density at radius 2 is 2.29 bits per heavy atom. The molecule has 0 aliphatic heterocycles. The Bertz CT molecular complexity index is 453. The second-order valence-electron chi connectivity index (χ2n) is 4.06. The summed E-state index contributed by atoms with van der Waals surface area (Å²) in [7, 11) is 2.00. The van der Waals surface area contributed by atoms with Crippen molar-refractivity contribution in [2.75, 3.05) is 12.8 Å². The predicted octanol–water partition coefficient (Wildman–Crippen LogP) is 2.10. The number of hydrogen-bond donors (Lipinski definition) is 2. The number of rotatable bonds is 5. The molecule has 0 aliphatic rings. The molecule has 0 radical (unpaired) electrons. The van der Waals surface area contributed by atoms with E-state index in [1.807, 2.05) is 19.2 Å². The summed E-state index contributed by atoms with van der Waals surface area (Å²) < 4.78 is 0. The maximum Gasteiger partial charge on any atom is 0.123 e. The van der Waals surface area contributed by atoms with Gasteiger partial charge in [-0.15, -0.1) is 11.3 Å². The average Bonchev–Trinajstić information content (AvgIpc) is 2.81. The van der Waals surface area contributed by atoms with Crippen molar-refractivity contribution in [1.29, 1.82) is 0 Å². The van der Waals surface area contributed by atoms with E-state index in [-0.39, 0.29) is 0 Å². The van der Waals surface area contributed by atoms with E-state index in [1.165, 1.54) is 10.4 Å². The number of nitrogen functional groups attached to an aromatic ring is 1. The van der Waals surface area contributed by atoms with Gasteiger partial charge in [0.05, 0.1) is 0 Å². The highest BCUT2D eigenvalue weighted by Crippen LogP contribution is 2.14. The van der Waals surface area contributed by atoms with Crippen LogP contribution in [0.2, 0.25) is 0 Å². The van der Waals surface area contributed by atoms with Gasteiger partial charge < -0.3 is 11.1 Å². The van der Waals surface area contributed by atoms with Crippen LogP contribution in [0.4, 0.5) is 5.82 Å². The van der Waals surface area contributed by atoms with Crippen LogP contribution in [0.5, 0.6) is 0 Å². The number of anilines is 1. The molecule has 0 aliphatic carbocycles. The molecule has 0 saturated carbocycles. The van der Waals surface area contributed by atoms with Gasteiger partial charge in [0.25, 0.3) is 0 Å². The van der Waals surface area contributed by atoms with Crippen molar-refractivity contribution in [1.82, 2.24) is 10.3 Å². The zero-order valence-electron chi connectivity index (χ0n) is 9.89. The number of likely N-dealkylation sites (N-methyl/N-ethyl adjacent to an activating group) is 1. The maximum absolute atomic E-state index is 5.68. The fourth-order valence-corrected chi connectivity index (χ4v) is 2.64. The van der Waals surface area contributed by atoms with E-state index >= 15 is 0 Å². The lowest BCUT2D eigenvalue weighted by molar-refractivity contribution is 0.560. The third-order valence-electron chi connectivity index (χ3n) is 2.76. The van der Waals surface area contributed by atoms with Crippen LogP contribution in [0.15, 0.2) is 35.8 Å². The van der Waals surface area contributed by atoms with E-state index in [2.05, 4.69) is 27.8 Å². The molecule has 4 heteroatoms. The van der Waals surface area contributed by atoms with Crippen LogP contribution in [0.3, 0.4) is 0 Å². The van der Waals surface area contributed by atoms with Gasteiger partial charge in [-0.2, -0.15) is 0 Å². The molecule has 17 heavy (non-hydrogen) atoms. The number of hydrogen-bond acceptors (Lipinski definition) is 4. The predicted molar refractivity (Wildman–Crippen MR) is 73.2 cm³/mol. The molecule has 2 aromatic heterocycles. The highest BCUT2D eigenvalue weighted by Gasteiger charge is 2.09. The molecule has 3 N–H and O–H groups in total. The summed E-state index contributed by atoms with van der Waals surface area (Å²) in [5.41, 5.74) is 6.91. The van der Waals surface area contributed by atoms with Crippen molar-refractivity contribution >= 4 is 17.2 Å². The van der Waals surface area contributed by atoms with E-state index in [0.717, 1.165) is 12.8 Å². The van der Waals surface area contributed by atoms with Gasteiger partial charge in [-0.3, -0.25) is 0 Å². The van der Waals surface area contributed by atoms with Crippen LogP contribution < -0.4 is 11.1 Å². The van der Waals surface area contributed by atoms with Gasteiger partial charge in [-0.05, 0) is 49.0 Å². The molecule has 2 heterocycles. The first kappa shape index (κ1) is 12.1. The topological polar surface area (TPSA) is 50.9 Å². The van der Waals surface area contributed by atoms with Crippen molar-refractivity contribution in [2.45, 2.75) is 18.9 Å². The number of nitrogens with zero attached hydrogens (tertiary/aromatic N) is 1. The number of pyridine rings is 1. The monoisotopic (exact) mass is 247 g/mol. The molecule has 0 fully saturated rings. The third kappa shape index (κ3) is 3.54. The maximum atomic E-state index is 5.68. The Labute approximate surface area is 106 Å². The first-order chi connectivity index (χ1) is 8.28. The van der Waals surface area contributed by atoms with Gasteiger partial charge in [-0.25, -0.2) is 4.98 Å². The molecule has 2 rings (SSSR count). The minimum absolute atomic E-state index is 0.440. The minimum Gasteiger partial charge on any atom is -0.384 e. The lowest BCUT2D eigenvalue weighted by Crippen LogP contribution is -2.29. The van der Waals surface area contributed by atoms with Crippen molar-refractivity contribution in [3.05, 3.63) is 46.3 Å². The Hall–Kier alpha value is -1.39. The number of aromatic nitrogens is 1. The van der Waals surface area contributed by atoms with E-state index < -0.39 is 0 Å². The quantitative estimate of drug-likeness (QED) is 0.850. The van der Waals surface area contributed by atoms with Crippen LogP contribution in [-0.2, 0) is 12.8 Å². The summed E-state index contributed by atoms with van der Waals surface area (Å²) >= 11 is 1.80. The smallest absolute Gasteiger partial charge is 0.123 e. The molecule has 3 nitrogen and oxygen atoms in total. The molecule has 0 bridgehead atoms. The van der Waals surface area contributed by atoms with Crippen LogP contribution >= 0.6 is 11.3 Å². The largest absolute Gasteiger partial charge is 0.384 e. The highest BCUT2D eigenvalue weighted by atomic mass is 32.1. The molecule has 0 saturated heterocycles. The van der Waals surface area contributed by atoms with Gasteiger partial charge in [0.2, 0.25) is 0 Å². The Kier molecular flexibility index (Phi) is 4.12. The Morgan fingerprint density at radius 3 is 2.94 bits per heavy atom. The Balaban J connectivity index is 2.00. The van der Waals surface area contributed by atoms with Crippen LogP contribution in [0.25, 0.3) is 0 Å². The van der Waals surface area contributed by atoms with Crippen molar-refractivity contribution < 1.29 is 0 Å². The Morgan fingerprint density at radius 1 is 1.41 bits per heavy atom. The summed E-state index contributed by atoms with van der Waals surface area (Å²) in [6.45, 7) is 0. The second kappa shape index (κ2) is 5.80. The van der Waals surface area contributed by atoms with E-state index in [0.29, 0.717) is 11.9 Å². The summed E-state index contributed by atoms with van der Waals surface area (Å²) in [6, 6.07) is 8.68. The van der Waals surface area contributed by atoms with Gasteiger partial charge in [0.1, 0.15) is 5.82 Å². The van der Waals surface area contributed by atoms with Crippen molar-refractivity contribution in [2.24, 2.45) is 0 Å². The molecule has 0 amide bonds. The normalized spacial score (nSPS) is 12.5. The summed E-state index contributed by atoms with van der Waals surface area (Å²) in [4.78, 5) is 5.42. The molecule has 1 unspecified atom stereocenters. The van der Waals surface area contributed by atoms with E-state index in [1.54, 1.807) is 17.5 Å². The van der Waals surface area contributed by atoms with Gasteiger partial charge >= 0.3 is 0 Å². The molecule has 90 valence electrons. The minimum atomic E-state index is 0.440. The fraction of sp³-hybridized carbons (Fsp3) is 0.308. The number of nitrogens with two attached hydrogens (primary N) is 1. The molecular formula is C13H17N3S. The molecule has 2 aromatic rings. The molecule has 0 spiro atoms. The zero-order chi connectivity index (χ0) is 12.1. The average molecular weight is 247 g/mol. The fourth-order valence-electron chi connectivity index (χ4n) is 1.85. The lowest BCUT2D eigenvalue weighted by Gasteiger charge is -2.15. The van der Waals surface area contributed by atoms with Crippen LogP contribution in [0, 0.1) is 0 Å². The first-order valence-corrected chi connectivity index (χ1v) is 6.56. The van der Waals surface area contributed by atoms with Crippen LogP contribution in [0.1, 0.15) is 10.4 Å². The molecular weight excluding hydrogens is 230 g/mol. The third-order valence-corrected chi connectivity index (χ3v) is 3.66. The standard InChI is InChI=1S/C13H17N3S/c1-15-11(9-12-3-2-6-17-12)7-10-4-5-16-13(14)8-10/h2-6,8,11,15H,7,9H2,1H3,(H2,14,16). The molecule has 1 atom stereocenters. The van der Waals surface area contributed by atoms with Gasteiger partial charge in [0, 0.05) is 17.1 Å². The molecule has 0 aromatic carbocycles. The SMILES string of the molecule is CNC(Cc1ccnc(N)c1)Cc1cccs1. The summed E-state index contributed by atoms with van der Waals surface area (Å²) in [5, 5.41) is 5.47. The highest BCUT2D eigenvalue weighted by molar-refractivity contribution is 7.09. The summed E-state index contributed by atoms with van der Waals surface area (Å²) in [6.07, 6.45) is 3.79. The first-order valence-electron chi connectivity index (χ1n) is 5.68. The van der Waals surface area contributed by atoms with Crippen LogP contribution in [-0.4, -0.2) is 18.1 Å².